The Labute approximate surface area is 76.2 Å². The van der Waals surface area contributed by atoms with Gasteiger partial charge in [0.25, 0.3) is 0 Å². The van der Waals surface area contributed by atoms with Crippen LogP contribution in [0.1, 0.15) is 12.0 Å². The minimum Gasteiger partial charge on any atom is -0.320 e. The molecular weight excluding hydrogens is 166 g/mol. The summed E-state index contributed by atoms with van der Waals surface area (Å²) in [6, 6.07) is 3.41. The molecule has 4 nitrogen and oxygen atoms in total. The number of nitrogens with two attached hydrogens (primary N) is 1. The first kappa shape index (κ1) is 8.19. The van der Waals surface area contributed by atoms with Gasteiger partial charge in [0.1, 0.15) is 5.82 Å². The lowest BCUT2D eigenvalue weighted by Gasteiger charge is -2.05. The van der Waals surface area contributed by atoms with Crippen LogP contribution in [0.4, 0.5) is 5.82 Å². The molecule has 0 bridgehead atoms. The van der Waals surface area contributed by atoms with Gasteiger partial charge in [0.15, 0.2) is 0 Å². The Morgan fingerprint density at radius 2 is 2.46 bits per heavy atom. The van der Waals surface area contributed by atoms with Gasteiger partial charge in [-0.05, 0) is 24.5 Å². The van der Waals surface area contributed by atoms with E-state index in [1.807, 2.05) is 12.1 Å². The maximum absolute atomic E-state index is 11.3. The molecule has 0 saturated heterocycles. The minimum absolute atomic E-state index is 0.141. The van der Waals surface area contributed by atoms with Crippen LogP contribution in [-0.4, -0.2) is 16.9 Å². The minimum atomic E-state index is -0.408. The van der Waals surface area contributed by atoms with Gasteiger partial charge in [0.2, 0.25) is 5.91 Å². The molecule has 0 radical (unpaired) electrons. The lowest BCUT2D eigenvalue weighted by atomic mass is 10.1. The molecule has 0 aliphatic carbocycles. The molecule has 0 fully saturated rings. The number of nitrogens with zero attached hydrogens (tertiary/aromatic N) is 1. The zero-order valence-corrected chi connectivity index (χ0v) is 7.16. The molecule has 4 heteroatoms. The molecule has 68 valence electrons. The second-order valence-electron chi connectivity index (χ2n) is 3.15. The maximum atomic E-state index is 11.3. The summed E-state index contributed by atoms with van der Waals surface area (Å²) in [5, 5.41) is 2.70. The van der Waals surface area contributed by atoms with Gasteiger partial charge in [0, 0.05) is 6.20 Å². The number of aryl methyl sites for hydroxylation is 1. The van der Waals surface area contributed by atoms with Gasteiger partial charge in [-0.1, -0.05) is 6.07 Å². The fourth-order valence-corrected chi connectivity index (χ4v) is 1.40. The number of hydrogen-bond donors (Lipinski definition) is 2. The summed E-state index contributed by atoms with van der Waals surface area (Å²) in [6.45, 7) is 0. The number of nitrogens with one attached hydrogen (secondary N) is 1. The van der Waals surface area contributed by atoms with Crippen molar-refractivity contribution in [2.75, 3.05) is 5.32 Å². The first-order valence-corrected chi connectivity index (χ1v) is 4.28. The van der Waals surface area contributed by atoms with Crippen LogP contribution in [-0.2, 0) is 11.2 Å². The molecule has 0 aromatic carbocycles. The number of amides is 1. The highest BCUT2D eigenvalue weighted by molar-refractivity contribution is 5.95. The molecular formula is C9H11N3O. The van der Waals surface area contributed by atoms with E-state index in [1.165, 1.54) is 0 Å². The Morgan fingerprint density at radius 1 is 1.62 bits per heavy atom. The van der Waals surface area contributed by atoms with Crippen LogP contribution in [0, 0.1) is 0 Å². The van der Waals surface area contributed by atoms with E-state index in [0.29, 0.717) is 12.2 Å². The average Bonchev–Trinajstić information content (AvgIpc) is 2.28. The summed E-state index contributed by atoms with van der Waals surface area (Å²) in [7, 11) is 0. The van der Waals surface area contributed by atoms with Gasteiger partial charge in [0.05, 0.1) is 6.04 Å². The number of fused-ring (bicyclic) bond motifs is 1. The van der Waals surface area contributed by atoms with Gasteiger partial charge < -0.3 is 11.1 Å². The van der Waals surface area contributed by atoms with E-state index in [9.17, 15) is 4.79 Å². The molecule has 1 amide bonds. The van der Waals surface area contributed by atoms with Crippen molar-refractivity contribution in [2.45, 2.75) is 18.9 Å². The zero-order chi connectivity index (χ0) is 9.26. The molecule has 2 rings (SSSR count). The van der Waals surface area contributed by atoms with E-state index < -0.39 is 6.04 Å². The molecule has 0 unspecified atom stereocenters. The van der Waals surface area contributed by atoms with Crippen molar-refractivity contribution in [1.29, 1.82) is 0 Å². The molecule has 1 aromatic heterocycles. The quantitative estimate of drug-likeness (QED) is 0.598. The SMILES string of the molecule is N[C@H]1CCc2cccnc2NC1=O. The highest BCUT2D eigenvalue weighted by Crippen LogP contribution is 2.17. The summed E-state index contributed by atoms with van der Waals surface area (Å²) in [5.74, 6) is 0.512. The van der Waals surface area contributed by atoms with Gasteiger partial charge in [-0.25, -0.2) is 4.98 Å². The van der Waals surface area contributed by atoms with E-state index in [0.717, 1.165) is 12.0 Å². The third kappa shape index (κ3) is 1.53. The largest absolute Gasteiger partial charge is 0.320 e. The number of hydrogen-bond acceptors (Lipinski definition) is 3. The monoisotopic (exact) mass is 177 g/mol. The highest BCUT2D eigenvalue weighted by Gasteiger charge is 2.19. The van der Waals surface area contributed by atoms with Crippen LogP contribution in [0.2, 0.25) is 0 Å². The van der Waals surface area contributed by atoms with Crippen LogP contribution in [0.5, 0.6) is 0 Å². The molecule has 1 aliphatic heterocycles. The molecule has 1 atom stereocenters. The van der Waals surface area contributed by atoms with Gasteiger partial charge in [-0.2, -0.15) is 0 Å². The number of carbonyl (C=O) groups is 1. The Hall–Kier alpha value is -1.42. The summed E-state index contributed by atoms with van der Waals surface area (Å²) >= 11 is 0. The summed E-state index contributed by atoms with van der Waals surface area (Å²) < 4.78 is 0. The number of pyridine rings is 1. The van der Waals surface area contributed by atoms with E-state index in [2.05, 4.69) is 10.3 Å². The third-order valence-electron chi connectivity index (χ3n) is 2.19. The van der Waals surface area contributed by atoms with Crippen molar-refractivity contribution in [3.05, 3.63) is 23.9 Å². The summed E-state index contributed by atoms with van der Waals surface area (Å²) in [5.41, 5.74) is 6.68. The van der Waals surface area contributed by atoms with E-state index in [4.69, 9.17) is 5.73 Å². The second kappa shape index (κ2) is 3.14. The summed E-state index contributed by atoms with van der Waals surface area (Å²) in [4.78, 5) is 15.4. The Morgan fingerprint density at radius 3 is 3.31 bits per heavy atom. The second-order valence-corrected chi connectivity index (χ2v) is 3.15. The maximum Gasteiger partial charge on any atom is 0.242 e. The van der Waals surface area contributed by atoms with Crippen molar-refractivity contribution < 1.29 is 4.79 Å². The van der Waals surface area contributed by atoms with E-state index in [1.54, 1.807) is 6.20 Å². The van der Waals surface area contributed by atoms with Crippen molar-refractivity contribution in [3.63, 3.8) is 0 Å². The molecule has 0 spiro atoms. The van der Waals surface area contributed by atoms with Crippen molar-refractivity contribution in [1.82, 2.24) is 4.98 Å². The number of rotatable bonds is 0. The number of aromatic nitrogens is 1. The topological polar surface area (TPSA) is 68.0 Å². The standard InChI is InChI=1S/C9H11N3O/c10-7-4-3-6-2-1-5-11-8(6)12-9(7)13/h1-2,5,7H,3-4,10H2,(H,11,12,13)/t7-/m0/s1. The van der Waals surface area contributed by atoms with Crippen LogP contribution >= 0.6 is 0 Å². The van der Waals surface area contributed by atoms with Crippen LogP contribution in [0.3, 0.4) is 0 Å². The highest BCUT2D eigenvalue weighted by atomic mass is 16.2. The fourth-order valence-electron chi connectivity index (χ4n) is 1.40. The third-order valence-corrected chi connectivity index (χ3v) is 2.19. The first-order chi connectivity index (χ1) is 6.27. The number of anilines is 1. The Balaban J connectivity index is 2.35. The van der Waals surface area contributed by atoms with Crippen LogP contribution in [0.25, 0.3) is 0 Å². The first-order valence-electron chi connectivity index (χ1n) is 4.28. The van der Waals surface area contributed by atoms with E-state index in [-0.39, 0.29) is 5.91 Å². The predicted octanol–water partition coefficient (Wildman–Crippen LogP) is 0.294. The van der Waals surface area contributed by atoms with Crippen molar-refractivity contribution >= 4 is 11.7 Å². The predicted molar refractivity (Wildman–Crippen MR) is 49.2 cm³/mol. The normalized spacial score (nSPS) is 21.6. The molecule has 2 heterocycles. The molecule has 0 saturated carbocycles. The van der Waals surface area contributed by atoms with Gasteiger partial charge >= 0.3 is 0 Å². The van der Waals surface area contributed by atoms with Gasteiger partial charge in [-0.15, -0.1) is 0 Å². The average molecular weight is 177 g/mol. The Bertz CT molecular complexity index is 337. The fraction of sp³-hybridized carbons (Fsp3) is 0.333. The lowest BCUT2D eigenvalue weighted by Crippen LogP contribution is -2.34. The lowest BCUT2D eigenvalue weighted by molar-refractivity contribution is -0.117. The molecule has 3 N–H and O–H groups in total. The van der Waals surface area contributed by atoms with Crippen LogP contribution in [0.15, 0.2) is 18.3 Å². The van der Waals surface area contributed by atoms with Gasteiger partial charge in [-0.3, -0.25) is 4.79 Å². The molecule has 13 heavy (non-hydrogen) atoms. The molecule has 1 aromatic rings. The van der Waals surface area contributed by atoms with E-state index >= 15 is 0 Å². The summed E-state index contributed by atoms with van der Waals surface area (Å²) in [6.07, 6.45) is 3.16. The van der Waals surface area contributed by atoms with Crippen molar-refractivity contribution in [2.24, 2.45) is 5.73 Å². The molecule has 1 aliphatic rings. The zero-order valence-electron chi connectivity index (χ0n) is 7.16. The smallest absolute Gasteiger partial charge is 0.242 e. The van der Waals surface area contributed by atoms with Crippen molar-refractivity contribution in [3.8, 4) is 0 Å². The Kier molecular flexibility index (Phi) is 1.98. The van der Waals surface area contributed by atoms with Crippen LogP contribution < -0.4 is 11.1 Å². The number of carbonyl (C=O) groups excluding carboxylic acids is 1.